The van der Waals surface area contributed by atoms with Gasteiger partial charge >= 0.3 is 0 Å². The van der Waals surface area contributed by atoms with Gasteiger partial charge in [0.1, 0.15) is 0 Å². The van der Waals surface area contributed by atoms with Crippen LogP contribution in [0.4, 0.5) is 5.69 Å². The Morgan fingerprint density at radius 3 is 2.45 bits per heavy atom. The summed E-state index contributed by atoms with van der Waals surface area (Å²) in [6.45, 7) is 8.32. The lowest BCUT2D eigenvalue weighted by Crippen LogP contribution is -2.26. The van der Waals surface area contributed by atoms with Crippen LogP contribution in [0, 0.1) is 11.8 Å². The van der Waals surface area contributed by atoms with E-state index in [-0.39, 0.29) is 17.6 Å². The van der Waals surface area contributed by atoms with Crippen LogP contribution in [0.3, 0.4) is 0 Å². The molecular formula is C16H20BrNO2. The molecular weight excluding hydrogens is 318 g/mol. The monoisotopic (exact) mass is 337 g/mol. The van der Waals surface area contributed by atoms with E-state index in [1.807, 2.05) is 32.9 Å². The topological polar surface area (TPSA) is 37.4 Å². The molecule has 1 aliphatic rings. The van der Waals surface area contributed by atoms with E-state index in [4.69, 9.17) is 0 Å². The first-order chi connectivity index (χ1) is 9.32. The minimum atomic E-state index is -0.0310. The molecule has 1 aliphatic heterocycles. The minimum Gasteiger partial charge on any atom is -0.312 e. The number of carbonyl (C=O) groups excluding carboxylic acids is 2. The maximum atomic E-state index is 12.5. The summed E-state index contributed by atoms with van der Waals surface area (Å²) in [4.78, 5) is 25.9. The quantitative estimate of drug-likeness (QED) is 0.786. The first-order valence-electron chi connectivity index (χ1n) is 6.97. The number of nitrogens with zero attached hydrogens (tertiary/aromatic N) is 1. The van der Waals surface area contributed by atoms with Crippen molar-refractivity contribution in [2.75, 3.05) is 11.4 Å². The molecule has 2 rings (SSSR count). The van der Waals surface area contributed by atoms with Crippen LogP contribution in [-0.2, 0) is 11.2 Å². The summed E-state index contributed by atoms with van der Waals surface area (Å²) in [6, 6.07) is 3.85. The fraction of sp³-hybridized carbons (Fsp3) is 0.500. The van der Waals surface area contributed by atoms with Gasteiger partial charge in [-0.05, 0) is 30.0 Å². The van der Waals surface area contributed by atoms with Crippen LogP contribution in [0.1, 0.15) is 43.6 Å². The number of ketones is 1. The molecule has 1 aromatic rings. The number of fused-ring (bicyclic) bond motifs is 1. The molecule has 3 nitrogen and oxygen atoms in total. The van der Waals surface area contributed by atoms with Crippen molar-refractivity contribution in [3.8, 4) is 0 Å². The first kappa shape index (κ1) is 15.2. The zero-order valence-electron chi connectivity index (χ0n) is 12.4. The Bertz CT molecular complexity index is 566. The van der Waals surface area contributed by atoms with Gasteiger partial charge in [0.25, 0.3) is 0 Å². The average Bonchev–Trinajstić information content (AvgIpc) is 2.78. The van der Waals surface area contributed by atoms with E-state index in [9.17, 15) is 9.59 Å². The van der Waals surface area contributed by atoms with Gasteiger partial charge in [-0.15, -0.1) is 0 Å². The number of halogens is 1. The molecule has 1 heterocycles. The molecule has 0 fully saturated rings. The summed E-state index contributed by atoms with van der Waals surface area (Å²) < 4.78 is 0.833. The molecule has 0 saturated carbocycles. The molecule has 0 saturated heterocycles. The Morgan fingerprint density at radius 2 is 1.90 bits per heavy atom. The number of carbonyl (C=O) groups is 2. The summed E-state index contributed by atoms with van der Waals surface area (Å²) in [5.74, 6) is 0.426. The Kier molecular flexibility index (Phi) is 4.33. The van der Waals surface area contributed by atoms with Crippen LogP contribution in [0.5, 0.6) is 0 Å². The van der Waals surface area contributed by atoms with E-state index < -0.39 is 0 Å². The second-order valence-corrected chi connectivity index (χ2v) is 6.63. The number of hydrogen-bond acceptors (Lipinski definition) is 2. The number of amides is 1. The predicted octanol–water partition coefficient (Wildman–Crippen LogP) is 3.83. The maximum Gasteiger partial charge on any atom is 0.223 e. The van der Waals surface area contributed by atoms with Crippen LogP contribution in [0.25, 0.3) is 0 Å². The number of rotatable bonds is 3. The Hall–Kier alpha value is -1.16. The van der Waals surface area contributed by atoms with Crippen molar-refractivity contribution >= 4 is 33.3 Å². The van der Waals surface area contributed by atoms with Crippen molar-refractivity contribution in [2.45, 2.75) is 34.1 Å². The lowest BCUT2D eigenvalue weighted by Gasteiger charge is -2.19. The second kappa shape index (κ2) is 5.68. The molecule has 20 heavy (non-hydrogen) atoms. The SMILES string of the molecule is CC(=O)N1CCc2cc(Br)c(C(=O)C(C)C(C)C)cc21. The first-order valence-corrected chi connectivity index (χ1v) is 7.77. The third kappa shape index (κ3) is 2.66. The number of hydrogen-bond donors (Lipinski definition) is 0. The van der Waals surface area contributed by atoms with Gasteiger partial charge in [-0.3, -0.25) is 9.59 Å². The molecule has 0 spiro atoms. The second-order valence-electron chi connectivity index (χ2n) is 5.78. The minimum absolute atomic E-state index is 0.0291. The van der Waals surface area contributed by atoms with Crippen LogP contribution in [0.2, 0.25) is 0 Å². The van der Waals surface area contributed by atoms with Crippen molar-refractivity contribution in [2.24, 2.45) is 11.8 Å². The highest BCUT2D eigenvalue weighted by molar-refractivity contribution is 9.10. The molecule has 4 heteroatoms. The number of Topliss-reactive ketones (excluding diaryl/α,β-unsaturated/α-hetero) is 1. The highest BCUT2D eigenvalue weighted by Gasteiger charge is 2.27. The summed E-state index contributed by atoms with van der Waals surface area (Å²) in [6.07, 6.45) is 0.849. The predicted molar refractivity (Wildman–Crippen MR) is 84.2 cm³/mol. The average molecular weight is 338 g/mol. The van der Waals surface area contributed by atoms with Gasteiger partial charge in [0.15, 0.2) is 5.78 Å². The van der Waals surface area contributed by atoms with Crippen LogP contribution >= 0.6 is 15.9 Å². The molecule has 0 N–H and O–H groups in total. The fourth-order valence-electron chi connectivity index (χ4n) is 2.47. The normalized spacial score (nSPS) is 15.4. The zero-order chi connectivity index (χ0) is 15.0. The molecule has 1 amide bonds. The van der Waals surface area contributed by atoms with Gasteiger partial charge in [-0.1, -0.05) is 36.7 Å². The van der Waals surface area contributed by atoms with Crippen LogP contribution < -0.4 is 4.90 Å². The number of anilines is 1. The largest absolute Gasteiger partial charge is 0.312 e. The van der Waals surface area contributed by atoms with E-state index in [1.54, 1.807) is 11.8 Å². The molecule has 0 aliphatic carbocycles. The highest BCUT2D eigenvalue weighted by Crippen LogP contribution is 2.35. The summed E-state index contributed by atoms with van der Waals surface area (Å²) in [5, 5.41) is 0. The summed E-state index contributed by atoms with van der Waals surface area (Å²) in [5.41, 5.74) is 2.69. The molecule has 1 unspecified atom stereocenters. The summed E-state index contributed by atoms with van der Waals surface area (Å²) >= 11 is 3.50. The Balaban J connectivity index is 2.44. The van der Waals surface area contributed by atoms with Crippen molar-refractivity contribution < 1.29 is 9.59 Å². The lowest BCUT2D eigenvalue weighted by molar-refractivity contribution is -0.116. The Morgan fingerprint density at radius 1 is 1.25 bits per heavy atom. The maximum absolute atomic E-state index is 12.5. The van der Waals surface area contributed by atoms with Crippen LogP contribution in [0.15, 0.2) is 16.6 Å². The third-order valence-corrected chi connectivity index (χ3v) is 4.78. The molecule has 1 atom stereocenters. The zero-order valence-corrected chi connectivity index (χ0v) is 14.0. The van der Waals surface area contributed by atoms with Crippen molar-refractivity contribution in [1.82, 2.24) is 0 Å². The van der Waals surface area contributed by atoms with E-state index >= 15 is 0 Å². The summed E-state index contributed by atoms with van der Waals surface area (Å²) in [7, 11) is 0. The van der Waals surface area contributed by atoms with E-state index in [0.29, 0.717) is 18.0 Å². The Labute approximate surface area is 128 Å². The van der Waals surface area contributed by atoms with E-state index in [1.165, 1.54) is 0 Å². The van der Waals surface area contributed by atoms with Gasteiger partial charge < -0.3 is 4.90 Å². The molecule has 1 aromatic carbocycles. The molecule has 0 radical (unpaired) electrons. The van der Waals surface area contributed by atoms with Crippen molar-refractivity contribution in [1.29, 1.82) is 0 Å². The van der Waals surface area contributed by atoms with Gasteiger partial charge in [0, 0.05) is 35.1 Å². The smallest absolute Gasteiger partial charge is 0.223 e. The molecule has 108 valence electrons. The van der Waals surface area contributed by atoms with Crippen molar-refractivity contribution in [3.05, 3.63) is 27.7 Å². The van der Waals surface area contributed by atoms with Gasteiger partial charge in [-0.2, -0.15) is 0 Å². The highest BCUT2D eigenvalue weighted by atomic mass is 79.9. The van der Waals surface area contributed by atoms with Gasteiger partial charge in [0.05, 0.1) is 0 Å². The van der Waals surface area contributed by atoms with E-state index in [0.717, 1.165) is 22.1 Å². The number of benzene rings is 1. The lowest BCUT2D eigenvalue weighted by atomic mass is 9.89. The third-order valence-electron chi connectivity index (χ3n) is 4.12. The van der Waals surface area contributed by atoms with Gasteiger partial charge in [-0.25, -0.2) is 0 Å². The fourth-order valence-corrected chi connectivity index (χ4v) is 3.06. The molecule has 0 bridgehead atoms. The van der Waals surface area contributed by atoms with E-state index in [2.05, 4.69) is 15.9 Å². The standard InChI is InChI=1S/C16H20BrNO2/c1-9(2)10(3)16(20)13-8-15-12(7-14(13)17)5-6-18(15)11(4)19/h7-10H,5-6H2,1-4H3. The molecule has 0 aromatic heterocycles. The van der Waals surface area contributed by atoms with Crippen molar-refractivity contribution in [3.63, 3.8) is 0 Å². The van der Waals surface area contributed by atoms with Gasteiger partial charge in [0.2, 0.25) is 5.91 Å². The van der Waals surface area contributed by atoms with Crippen LogP contribution in [-0.4, -0.2) is 18.2 Å².